The third-order valence-electron chi connectivity index (χ3n) is 3.62. The molecule has 1 aliphatic rings. The highest BCUT2D eigenvalue weighted by molar-refractivity contribution is 8.01. The maximum Gasteiger partial charge on any atom is 0.233 e. The Labute approximate surface area is 126 Å². The third-order valence-corrected chi connectivity index (χ3v) is 5.88. The summed E-state index contributed by atoms with van der Waals surface area (Å²) in [6.45, 7) is 2.63. The number of hydrogen-bond donors (Lipinski definition) is 0. The highest BCUT2D eigenvalue weighted by Gasteiger charge is 2.38. The van der Waals surface area contributed by atoms with E-state index in [9.17, 15) is 10.1 Å². The molecule has 5 heteroatoms. The molecule has 3 nitrogen and oxygen atoms in total. The van der Waals surface area contributed by atoms with E-state index in [-0.39, 0.29) is 17.2 Å². The SMILES string of the molecule is CCN1C(=O)CS[C@H]1C(C#N)c1csc2ccccc12. The maximum absolute atomic E-state index is 11.9. The van der Waals surface area contributed by atoms with Gasteiger partial charge >= 0.3 is 0 Å². The van der Waals surface area contributed by atoms with E-state index in [1.165, 1.54) is 4.70 Å². The second-order valence-electron chi connectivity index (χ2n) is 4.68. The highest BCUT2D eigenvalue weighted by Crippen LogP contribution is 2.40. The number of nitrogens with zero attached hydrogens (tertiary/aromatic N) is 2. The van der Waals surface area contributed by atoms with Gasteiger partial charge in [-0.15, -0.1) is 23.1 Å². The Balaban J connectivity index is 2.02. The van der Waals surface area contributed by atoms with Gasteiger partial charge in [0, 0.05) is 11.2 Å². The first-order chi connectivity index (χ1) is 9.76. The summed E-state index contributed by atoms with van der Waals surface area (Å²) in [5.74, 6) is 0.364. The van der Waals surface area contributed by atoms with Crippen LogP contribution >= 0.6 is 23.1 Å². The van der Waals surface area contributed by atoms with Crippen molar-refractivity contribution in [2.24, 2.45) is 0 Å². The summed E-state index contributed by atoms with van der Waals surface area (Å²) in [6.07, 6.45) is 0. The van der Waals surface area contributed by atoms with Crippen molar-refractivity contribution in [3.63, 3.8) is 0 Å². The molecule has 3 rings (SSSR count). The molecule has 102 valence electrons. The average molecular weight is 302 g/mol. The summed E-state index contributed by atoms with van der Waals surface area (Å²) in [5, 5.41) is 12.8. The minimum absolute atomic E-state index is 0.0597. The molecule has 0 spiro atoms. The van der Waals surface area contributed by atoms with Gasteiger partial charge in [0.2, 0.25) is 5.91 Å². The molecule has 1 amide bonds. The first-order valence-electron chi connectivity index (χ1n) is 6.53. The van der Waals surface area contributed by atoms with E-state index >= 15 is 0 Å². The number of carbonyl (C=O) groups excluding carboxylic acids is 1. The lowest BCUT2D eigenvalue weighted by Gasteiger charge is -2.25. The van der Waals surface area contributed by atoms with Crippen LogP contribution < -0.4 is 0 Å². The van der Waals surface area contributed by atoms with Gasteiger partial charge < -0.3 is 4.90 Å². The number of thioether (sulfide) groups is 1. The molecule has 2 aromatic rings. The Morgan fingerprint density at radius 3 is 3.05 bits per heavy atom. The fourth-order valence-electron chi connectivity index (χ4n) is 2.63. The molecule has 0 saturated carbocycles. The van der Waals surface area contributed by atoms with Crippen molar-refractivity contribution >= 4 is 39.1 Å². The molecule has 2 heterocycles. The molecule has 20 heavy (non-hydrogen) atoms. The van der Waals surface area contributed by atoms with Crippen LogP contribution in [-0.4, -0.2) is 28.5 Å². The lowest BCUT2D eigenvalue weighted by molar-refractivity contribution is -0.127. The fraction of sp³-hybridized carbons (Fsp3) is 0.333. The molecule has 0 radical (unpaired) electrons. The molecule has 1 unspecified atom stereocenters. The van der Waals surface area contributed by atoms with E-state index in [4.69, 9.17) is 0 Å². The molecule has 1 aromatic carbocycles. The van der Waals surface area contributed by atoms with Gasteiger partial charge in [-0.1, -0.05) is 18.2 Å². The molecular weight excluding hydrogens is 288 g/mol. The summed E-state index contributed by atoms with van der Waals surface area (Å²) >= 11 is 3.24. The highest BCUT2D eigenvalue weighted by atomic mass is 32.2. The van der Waals surface area contributed by atoms with Gasteiger partial charge in [-0.05, 0) is 29.3 Å². The summed E-state index contributed by atoms with van der Waals surface area (Å²) in [6, 6.07) is 10.6. The van der Waals surface area contributed by atoms with Crippen LogP contribution in [-0.2, 0) is 4.79 Å². The second-order valence-corrected chi connectivity index (χ2v) is 6.69. The van der Waals surface area contributed by atoms with Crippen LogP contribution in [0.4, 0.5) is 0 Å². The van der Waals surface area contributed by atoms with Gasteiger partial charge in [-0.2, -0.15) is 5.26 Å². The van der Waals surface area contributed by atoms with Gasteiger partial charge in [0.15, 0.2) is 0 Å². The normalized spacial score (nSPS) is 20.3. The van der Waals surface area contributed by atoms with E-state index in [1.807, 2.05) is 24.0 Å². The molecule has 1 aliphatic heterocycles. The first kappa shape index (κ1) is 13.5. The van der Waals surface area contributed by atoms with E-state index in [0.29, 0.717) is 12.3 Å². The molecule has 0 aliphatic carbocycles. The number of amides is 1. The Morgan fingerprint density at radius 1 is 1.50 bits per heavy atom. The molecule has 0 bridgehead atoms. The Hall–Kier alpha value is -1.51. The van der Waals surface area contributed by atoms with Gasteiger partial charge in [0.1, 0.15) is 5.92 Å². The summed E-state index contributed by atoms with van der Waals surface area (Å²) < 4.78 is 1.19. The third kappa shape index (κ3) is 2.09. The number of carbonyl (C=O) groups is 1. The van der Waals surface area contributed by atoms with Crippen molar-refractivity contribution in [3.05, 3.63) is 35.2 Å². The lowest BCUT2D eigenvalue weighted by atomic mass is 9.99. The van der Waals surface area contributed by atoms with E-state index in [0.717, 1.165) is 10.9 Å². The van der Waals surface area contributed by atoms with E-state index in [2.05, 4.69) is 23.6 Å². The molecule has 1 saturated heterocycles. The quantitative estimate of drug-likeness (QED) is 0.872. The van der Waals surface area contributed by atoms with Crippen LogP contribution in [0.1, 0.15) is 18.4 Å². The number of benzene rings is 1. The molecule has 0 N–H and O–H groups in total. The second kappa shape index (κ2) is 5.47. The van der Waals surface area contributed by atoms with Crippen LogP contribution in [0.5, 0.6) is 0 Å². The Kier molecular flexibility index (Phi) is 3.68. The smallest absolute Gasteiger partial charge is 0.233 e. The van der Waals surface area contributed by atoms with Crippen molar-refractivity contribution in [3.8, 4) is 6.07 Å². The van der Waals surface area contributed by atoms with Crippen LogP contribution in [0.3, 0.4) is 0 Å². The van der Waals surface area contributed by atoms with Gasteiger partial charge in [0.25, 0.3) is 0 Å². The predicted molar refractivity (Wildman–Crippen MR) is 83.8 cm³/mol. The number of likely N-dealkylation sites (N-methyl/N-ethyl adjacent to an activating group) is 1. The maximum atomic E-state index is 11.9. The average Bonchev–Trinajstić information content (AvgIpc) is 3.05. The Morgan fingerprint density at radius 2 is 2.30 bits per heavy atom. The topological polar surface area (TPSA) is 44.1 Å². The fourth-order valence-corrected chi connectivity index (χ4v) is 4.95. The minimum Gasteiger partial charge on any atom is -0.329 e. The van der Waals surface area contributed by atoms with Crippen LogP contribution in [0.15, 0.2) is 29.6 Å². The van der Waals surface area contributed by atoms with Gasteiger partial charge in [0.05, 0.1) is 17.2 Å². The van der Waals surface area contributed by atoms with Gasteiger partial charge in [-0.25, -0.2) is 0 Å². The number of nitriles is 1. The van der Waals surface area contributed by atoms with Crippen molar-refractivity contribution in [2.75, 3.05) is 12.3 Å². The molecule has 2 atom stereocenters. The molecular formula is C15H14N2OS2. The molecule has 1 fully saturated rings. The predicted octanol–water partition coefficient (Wildman–Crippen LogP) is 3.43. The summed E-state index contributed by atoms with van der Waals surface area (Å²) in [4.78, 5) is 13.7. The summed E-state index contributed by atoms with van der Waals surface area (Å²) in [5.41, 5.74) is 1.05. The van der Waals surface area contributed by atoms with Gasteiger partial charge in [-0.3, -0.25) is 4.79 Å². The minimum atomic E-state index is -0.262. The zero-order valence-corrected chi connectivity index (χ0v) is 12.7. The zero-order valence-electron chi connectivity index (χ0n) is 11.1. The first-order valence-corrected chi connectivity index (χ1v) is 8.46. The van der Waals surface area contributed by atoms with Crippen LogP contribution in [0, 0.1) is 11.3 Å². The molecule has 1 aromatic heterocycles. The van der Waals surface area contributed by atoms with Crippen LogP contribution in [0.2, 0.25) is 0 Å². The number of fused-ring (bicyclic) bond motifs is 1. The van der Waals surface area contributed by atoms with Crippen molar-refractivity contribution < 1.29 is 4.79 Å². The summed E-state index contributed by atoms with van der Waals surface area (Å²) in [7, 11) is 0. The van der Waals surface area contributed by atoms with E-state index < -0.39 is 0 Å². The van der Waals surface area contributed by atoms with Crippen molar-refractivity contribution in [1.29, 1.82) is 5.26 Å². The Bertz CT molecular complexity index is 688. The van der Waals surface area contributed by atoms with Crippen molar-refractivity contribution in [1.82, 2.24) is 4.90 Å². The number of thiophene rings is 1. The van der Waals surface area contributed by atoms with Crippen LogP contribution in [0.25, 0.3) is 10.1 Å². The van der Waals surface area contributed by atoms with Crippen molar-refractivity contribution in [2.45, 2.75) is 18.2 Å². The lowest BCUT2D eigenvalue weighted by Crippen LogP contribution is -2.35. The number of rotatable bonds is 3. The number of hydrogen-bond acceptors (Lipinski definition) is 4. The zero-order chi connectivity index (χ0) is 14.1. The largest absolute Gasteiger partial charge is 0.329 e. The monoisotopic (exact) mass is 302 g/mol. The van der Waals surface area contributed by atoms with E-state index in [1.54, 1.807) is 23.1 Å². The standard InChI is InChI=1S/C15H14N2OS2/c1-2-17-14(18)9-20-15(17)11(7-16)12-8-19-13-6-4-3-5-10(12)13/h3-6,8,11,15H,2,9H2,1H3/t11?,15-/m0/s1.